The summed E-state index contributed by atoms with van der Waals surface area (Å²) in [6, 6.07) is 6.73. The number of rotatable bonds is 4. The number of fused-ring (bicyclic) bond motifs is 1. The lowest BCUT2D eigenvalue weighted by atomic mass is 9.91. The summed E-state index contributed by atoms with van der Waals surface area (Å²) >= 11 is 5.77. The van der Waals surface area contributed by atoms with E-state index in [-0.39, 0.29) is 17.0 Å². The average Bonchev–Trinajstić information content (AvgIpc) is 3.15. The molecule has 1 aromatic carbocycles. The molecule has 0 spiro atoms. The molecule has 148 valence electrons. The van der Waals surface area contributed by atoms with Crippen LogP contribution >= 0.6 is 11.6 Å². The number of benzene rings is 1. The second kappa shape index (κ2) is 8.08. The fraction of sp³-hybridized carbons (Fsp3) is 0.455. The molecular weight excluding hydrogens is 377 g/mol. The highest BCUT2D eigenvalue weighted by atomic mass is 35.5. The number of aromatic nitrogens is 1. The summed E-state index contributed by atoms with van der Waals surface area (Å²) in [5.74, 6) is 0.265. The van der Waals surface area contributed by atoms with Gasteiger partial charge in [0.15, 0.2) is 0 Å². The molecule has 2 aliphatic rings. The molecule has 0 atom stereocenters. The van der Waals surface area contributed by atoms with Gasteiger partial charge in [0.1, 0.15) is 11.6 Å². The van der Waals surface area contributed by atoms with Crippen LogP contribution in [0.3, 0.4) is 0 Å². The van der Waals surface area contributed by atoms with E-state index in [1.54, 1.807) is 0 Å². The van der Waals surface area contributed by atoms with Crippen molar-refractivity contribution in [2.45, 2.75) is 64.0 Å². The predicted molar refractivity (Wildman–Crippen MR) is 110 cm³/mol. The van der Waals surface area contributed by atoms with Crippen LogP contribution in [0.1, 0.15) is 59.3 Å². The monoisotopic (exact) mass is 401 g/mol. The fourth-order valence-corrected chi connectivity index (χ4v) is 4.50. The van der Waals surface area contributed by atoms with Gasteiger partial charge >= 0.3 is 0 Å². The van der Waals surface area contributed by atoms with Crippen molar-refractivity contribution in [3.63, 3.8) is 0 Å². The number of aryl methyl sites for hydroxylation is 2. The standard InChI is InChI=1S/C22H25ClFN3O/c1-13-11-21(27-20-4-2-3-17(13)20)25-15-6-8-16(9-7-15)26-22(28)14-5-10-19(24)18(23)12-14/h5,10-12,15-16H,2-4,6-9H2,1H3,(H,25,27)(H,26,28)/t15-,16+. The maximum absolute atomic E-state index is 13.3. The van der Waals surface area contributed by atoms with E-state index in [0.29, 0.717) is 11.6 Å². The maximum Gasteiger partial charge on any atom is 0.251 e. The highest BCUT2D eigenvalue weighted by Gasteiger charge is 2.24. The first-order valence-electron chi connectivity index (χ1n) is 10.0. The van der Waals surface area contributed by atoms with Crippen LogP contribution in [0.4, 0.5) is 10.2 Å². The minimum Gasteiger partial charge on any atom is -0.367 e. The van der Waals surface area contributed by atoms with E-state index in [4.69, 9.17) is 16.6 Å². The molecule has 1 saturated carbocycles. The lowest BCUT2D eigenvalue weighted by Gasteiger charge is -2.30. The Bertz CT molecular complexity index is 894. The number of anilines is 1. The predicted octanol–water partition coefficient (Wildman–Crippen LogP) is 4.82. The maximum atomic E-state index is 13.3. The van der Waals surface area contributed by atoms with Crippen molar-refractivity contribution in [2.24, 2.45) is 0 Å². The van der Waals surface area contributed by atoms with Gasteiger partial charge in [-0.05, 0) is 87.3 Å². The Morgan fingerprint density at radius 3 is 2.64 bits per heavy atom. The van der Waals surface area contributed by atoms with Gasteiger partial charge in [0.2, 0.25) is 0 Å². The van der Waals surface area contributed by atoms with Crippen LogP contribution in [0, 0.1) is 12.7 Å². The largest absolute Gasteiger partial charge is 0.367 e. The summed E-state index contributed by atoms with van der Waals surface area (Å²) in [5, 5.41) is 6.60. The van der Waals surface area contributed by atoms with Crippen molar-refractivity contribution in [3.8, 4) is 0 Å². The van der Waals surface area contributed by atoms with Gasteiger partial charge < -0.3 is 10.6 Å². The molecule has 0 unspecified atom stereocenters. The van der Waals surface area contributed by atoms with Crippen LogP contribution in [0.25, 0.3) is 0 Å². The molecular formula is C22H25ClFN3O. The van der Waals surface area contributed by atoms with E-state index in [1.807, 2.05) is 0 Å². The summed E-state index contributed by atoms with van der Waals surface area (Å²) in [5.41, 5.74) is 4.41. The van der Waals surface area contributed by atoms with Gasteiger partial charge in [0.25, 0.3) is 5.91 Å². The van der Waals surface area contributed by atoms with Gasteiger partial charge in [0, 0.05) is 23.3 Å². The number of hydrogen-bond donors (Lipinski definition) is 2. The Morgan fingerprint density at radius 2 is 1.89 bits per heavy atom. The minimum atomic E-state index is -0.514. The van der Waals surface area contributed by atoms with Crippen LogP contribution in [0.2, 0.25) is 5.02 Å². The Morgan fingerprint density at radius 1 is 1.14 bits per heavy atom. The molecule has 1 aromatic heterocycles. The Hall–Kier alpha value is -2.14. The Kier molecular flexibility index (Phi) is 5.54. The normalized spacial score (nSPS) is 21.2. The number of nitrogens with zero attached hydrogens (tertiary/aromatic N) is 1. The van der Waals surface area contributed by atoms with E-state index in [1.165, 1.54) is 41.4 Å². The summed E-state index contributed by atoms with van der Waals surface area (Å²) < 4.78 is 13.3. The van der Waals surface area contributed by atoms with Gasteiger partial charge in [0.05, 0.1) is 5.02 Å². The summed E-state index contributed by atoms with van der Waals surface area (Å²) in [6.45, 7) is 2.17. The van der Waals surface area contributed by atoms with E-state index in [2.05, 4.69) is 23.6 Å². The van der Waals surface area contributed by atoms with Crippen LogP contribution in [0.5, 0.6) is 0 Å². The van der Waals surface area contributed by atoms with Crippen molar-refractivity contribution < 1.29 is 9.18 Å². The zero-order valence-corrected chi connectivity index (χ0v) is 16.8. The molecule has 2 N–H and O–H groups in total. The number of carbonyl (C=O) groups is 1. The highest BCUT2D eigenvalue weighted by Crippen LogP contribution is 2.28. The quantitative estimate of drug-likeness (QED) is 0.771. The highest BCUT2D eigenvalue weighted by molar-refractivity contribution is 6.31. The number of amides is 1. The SMILES string of the molecule is Cc1cc(N[C@H]2CC[C@@H](NC(=O)c3ccc(F)c(Cl)c3)CC2)nc2c1CCC2. The van der Waals surface area contributed by atoms with E-state index in [9.17, 15) is 9.18 Å². The molecule has 0 aliphatic heterocycles. The molecule has 4 nitrogen and oxygen atoms in total. The third-order valence-electron chi connectivity index (χ3n) is 5.87. The molecule has 0 radical (unpaired) electrons. The van der Waals surface area contributed by atoms with E-state index < -0.39 is 5.82 Å². The molecule has 4 rings (SSSR count). The van der Waals surface area contributed by atoms with Crippen molar-refractivity contribution in [1.82, 2.24) is 10.3 Å². The van der Waals surface area contributed by atoms with Gasteiger partial charge in [-0.1, -0.05) is 11.6 Å². The molecule has 2 aliphatic carbocycles. The number of carbonyl (C=O) groups excluding carboxylic acids is 1. The Labute approximate surface area is 169 Å². The van der Waals surface area contributed by atoms with Crippen molar-refractivity contribution in [2.75, 3.05) is 5.32 Å². The van der Waals surface area contributed by atoms with E-state index in [0.717, 1.165) is 44.3 Å². The minimum absolute atomic E-state index is 0.0299. The molecule has 0 bridgehead atoms. The van der Waals surface area contributed by atoms with Gasteiger partial charge in [-0.2, -0.15) is 0 Å². The fourth-order valence-electron chi connectivity index (χ4n) is 4.32. The summed E-state index contributed by atoms with van der Waals surface area (Å²) in [7, 11) is 0. The first-order chi connectivity index (χ1) is 13.5. The average molecular weight is 402 g/mol. The van der Waals surface area contributed by atoms with Gasteiger partial charge in [-0.25, -0.2) is 9.37 Å². The summed E-state index contributed by atoms with van der Waals surface area (Å²) in [6.07, 6.45) is 7.21. The van der Waals surface area contributed by atoms with Gasteiger partial charge in [-0.15, -0.1) is 0 Å². The lowest BCUT2D eigenvalue weighted by molar-refractivity contribution is 0.0926. The van der Waals surface area contributed by atoms with E-state index >= 15 is 0 Å². The second-order valence-corrected chi connectivity index (χ2v) is 8.31. The van der Waals surface area contributed by atoms with Crippen molar-refractivity contribution in [1.29, 1.82) is 0 Å². The third kappa shape index (κ3) is 4.14. The molecule has 6 heteroatoms. The molecule has 1 heterocycles. The molecule has 28 heavy (non-hydrogen) atoms. The first-order valence-corrected chi connectivity index (χ1v) is 10.4. The first kappa shape index (κ1) is 19.2. The zero-order chi connectivity index (χ0) is 19.7. The molecule has 1 amide bonds. The number of pyridine rings is 1. The van der Waals surface area contributed by atoms with Gasteiger partial charge in [-0.3, -0.25) is 4.79 Å². The van der Waals surface area contributed by atoms with Crippen LogP contribution in [0.15, 0.2) is 24.3 Å². The second-order valence-electron chi connectivity index (χ2n) is 7.90. The van der Waals surface area contributed by atoms with Crippen LogP contribution in [-0.4, -0.2) is 23.0 Å². The molecule has 0 saturated heterocycles. The smallest absolute Gasteiger partial charge is 0.251 e. The topological polar surface area (TPSA) is 54.0 Å². The number of nitrogens with one attached hydrogen (secondary N) is 2. The third-order valence-corrected chi connectivity index (χ3v) is 6.16. The van der Waals surface area contributed by atoms with Crippen molar-refractivity contribution in [3.05, 3.63) is 57.5 Å². The van der Waals surface area contributed by atoms with Crippen LogP contribution < -0.4 is 10.6 Å². The zero-order valence-electron chi connectivity index (χ0n) is 16.0. The molecule has 2 aromatic rings. The Balaban J connectivity index is 1.30. The number of halogens is 2. The van der Waals surface area contributed by atoms with Crippen LogP contribution in [-0.2, 0) is 12.8 Å². The molecule has 1 fully saturated rings. The number of hydrogen-bond acceptors (Lipinski definition) is 3. The summed E-state index contributed by atoms with van der Waals surface area (Å²) in [4.78, 5) is 17.2. The lowest BCUT2D eigenvalue weighted by Crippen LogP contribution is -2.40. The van der Waals surface area contributed by atoms with Crippen molar-refractivity contribution >= 4 is 23.3 Å².